The number of hydrogen-bond donors (Lipinski definition) is 1. The van der Waals surface area contributed by atoms with Gasteiger partial charge in [-0.1, -0.05) is 37.5 Å². The molecule has 1 N–H and O–H groups in total. The molecule has 0 unspecified atom stereocenters. The zero-order valence-electron chi connectivity index (χ0n) is 14.8. The zero-order valence-corrected chi connectivity index (χ0v) is 15.7. The molecule has 0 heterocycles. The van der Waals surface area contributed by atoms with E-state index >= 15 is 0 Å². The summed E-state index contributed by atoms with van der Waals surface area (Å²) >= 11 is 0. The fourth-order valence-corrected chi connectivity index (χ4v) is 4.77. The van der Waals surface area contributed by atoms with Crippen LogP contribution < -0.4 is 5.32 Å². The Hall–Kier alpha value is -1.40. The molecular weight excluding hydrogens is 324 g/mol. The number of likely N-dealkylation sites (N-methyl/N-ethyl adjacent to an activating group) is 1. The Balaban J connectivity index is 1.95. The van der Waals surface area contributed by atoms with Crippen LogP contribution in [0.1, 0.15) is 43.2 Å². The molecule has 0 radical (unpaired) electrons. The second-order valence-electron chi connectivity index (χ2n) is 6.85. The van der Waals surface area contributed by atoms with E-state index in [0.717, 1.165) is 42.5 Å². The number of anilines is 1. The van der Waals surface area contributed by atoms with E-state index in [2.05, 4.69) is 5.32 Å². The summed E-state index contributed by atoms with van der Waals surface area (Å²) in [5, 5.41) is 2.84. The number of sulfonamides is 1. The number of amides is 1. The van der Waals surface area contributed by atoms with Gasteiger partial charge >= 0.3 is 0 Å². The molecule has 1 aliphatic carbocycles. The van der Waals surface area contributed by atoms with Gasteiger partial charge in [-0.25, -0.2) is 8.42 Å². The molecular formula is C18H28N2O3S. The summed E-state index contributed by atoms with van der Waals surface area (Å²) in [5.74, 6) is 0.0789. The number of rotatable bonds is 6. The van der Waals surface area contributed by atoms with Crippen LogP contribution in [0, 0.1) is 19.8 Å². The minimum Gasteiger partial charge on any atom is -0.324 e. The predicted molar refractivity (Wildman–Crippen MR) is 97.5 cm³/mol. The van der Waals surface area contributed by atoms with Gasteiger partial charge in [0.05, 0.1) is 12.3 Å². The van der Waals surface area contributed by atoms with Gasteiger partial charge in [0.2, 0.25) is 15.9 Å². The van der Waals surface area contributed by atoms with Gasteiger partial charge in [-0.3, -0.25) is 4.79 Å². The van der Waals surface area contributed by atoms with Crippen molar-refractivity contribution in [2.75, 3.05) is 24.7 Å². The van der Waals surface area contributed by atoms with Crippen LogP contribution >= 0.6 is 0 Å². The second kappa shape index (κ2) is 8.12. The maximum atomic E-state index is 12.5. The van der Waals surface area contributed by atoms with Gasteiger partial charge in [-0.15, -0.1) is 0 Å². The minimum absolute atomic E-state index is 0.150. The Morgan fingerprint density at radius 3 is 2.33 bits per heavy atom. The molecule has 0 spiro atoms. The van der Waals surface area contributed by atoms with Crippen LogP contribution in [0.15, 0.2) is 18.2 Å². The Labute approximate surface area is 145 Å². The average Bonchev–Trinajstić information content (AvgIpc) is 2.51. The molecule has 1 aromatic carbocycles. The van der Waals surface area contributed by atoms with Crippen molar-refractivity contribution < 1.29 is 13.2 Å². The molecule has 134 valence electrons. The molecule has 5 nitrogen and oxygen atoms in total. The summed E-state index contributed by atoms with van der Waals surface area (Å²) in [6, 6.07) is 5.78. The number of carbonyl (C=O) groups is 1. The third kappa shape index (κ3) is 5.05. The standard InChI is InChI=1S/C18H28N2O3S/c1-14-8-7-9-15(2)18(14)19-17(21)12-20(3)24(22,23)13-16-10-5-4-6-11-16/h7-9,16H,4-6,10-13H2,1-3H3,(H,19,21). The zero-order chi connectivity index (χ0) is 17.7. The number of benzene rings is 1. The smallest absolute Gasteiger partial charge is 0.239 e. The number of aryl methyl sites for hydroxylation is 2. The van der Waals surface area contributed by atoms with Crippen molar-refractivity contribution in [2.45, 2.75) is 46.0 Å². The van der Waals surface area contributed by atoms with Crippen LogP contribution in [-0.2, 0) is 14.8 Å². The molecule has 0 bridgehead atoms. The van der Waals surface area contributed by atoms with E-state index in [4.69, 9.17) is 0 Å². The maximum Gasteiger partial charge on any atom is 0.239 e. The Bertz CT molecular complexity index is 659. The summed E-state index contributed by atoms with van der Waals surface area (Å²) in [5.41, 5.74) is 2.70. The molecule has 1 aliphatic rings. The van der Waals surface area contributed by atoms with Gasteiger partial charge in [0.15, 0.2) is 0 Å². The molecule has 2 rings (SSSR count). The van der Waals surface area contributed by atoms with E-state index in [-0.39, 0.29) is 24.1 Å². The van der Waals surface area contributed by atoms with E-state index < -0.39 is 10.0 Å². The summed E-state index contributed by atoms with van der Waals surface area (Å²) in [6.45, 7) is 3.70. The highest BCUT2D eigenvalue weighted by molar-refractivity contribution is 7.89. The Morgan fingerprint density at radius 1 is 1.17 bits per heavy atom. The quantitative estimate of drug-likeness (QED) is 0.855. The molecule has 24 heavy (non-hydrogen) atoms. The van der Waals surface area contributed by atoms with Crippen molar-refractivity contribution >= 4 is 21.6 Å². The van der Waals surface area contributed by atoms with Crippen molar-refractivity contribution in [3.8, 4) is 0 Å². The molecule has 1 fully saturated rings. The summed E-state index contributed by atoms with van der Waals surface area (Å²) in [4.78, 5) is 12.2. The molecule has 0 saturated heterocycles. The first-order chi connectivity index (χ1) is 11.3. The maximum absolute atomic E-state index is 12.5. The molecule has 6 heteroatoms. The average molecular weight is 353 g/mol. The third-order valence-corrected chi connectivity index (χ3v) is 6.73. The monoisotopic (exact) mass is 352 g/mol. The predicted octanol–water partition coefficient (Wildman–Crippen LogP) is 3.08. The van der Waals surface area contributed by atoms with Gasteiger partial charge in [0, 0.05) is 12.7 Å². The summed E-state index contributed by atoms with van der Waals surface area (Å²) < 4.78 is 26.1. The topological polar surface area (TPSA) is 66.5 Å². The van der Waals surface area contributed by atoms with Crippen LogP contribution in [0.5, 0.6) is 0 Å². The second-order valence-corrected chi connectivity index (χ2v) is 8.97. The lowest BCUT2D eigenvalue weighted by Crippen LogP contribution is -2.38. The molecule has 0 aromatic heterocycles. The van der Waals surface area contributed by atoms with Gasteiger partial charge in [0.1, 0.15) is 0 Å². The number of nitrogens with one attached hydrogen (secondary N) is 1. The molecule has 0 aliphatic heterocycles. The first-order valence-corrected chi connectivity index (χ1v) is 10.2. The number of para-hydroxylation sites is 1. The van der Waals surface area contributed by atoms with Crippen molar-refractivity contribution in [3.63, 3.8) is 0 Å². The fourth-order valence-electron chi connectivity index (χ4n) is 3.27. The molecule has 1 saturated carbocycles. The molecule has 1 amide bonds. The highest BCUT2D eigenvalue weighted by Gasteiger charge is 2.26. The number of hydrogen-bond acceptors (Lipinski definition) is 3. The van der Waals surface area contributed by atoms with Crippen LogP contribution in [0.25, 0.3) is 0 Å². The molecule has 1 aromatic rings. The van der Waals surface area contributed by atoms with E-state index in [1.807, 2.05) is 32.0 Å². The number of nitrogens with zero attached hydrogens (tertiary/aromatic N) is 1. The Morgan fingerprint density at radius 2 is 1.75 bits per heavy atom. The fraction of sp³-hybridized carbons (Fsp3) is 0.611. The van der Waals surface area contributed by atoms with Crippen LogP contribution in [0.2, 0.25) is 0 Å². The van der Waals surface area contributed by atoms with Crippen molar-refractivity contribution in [1.82, 2.24) is 4.31 Å². The first-order valence-electron chi connectivity index (χ1n) is 8.59. The lowest BCUT2D eigenvalue weighted by Gasteiger charge is -2.24. The van der Waals surface area contributed by atoms with E-state index in [0.29, 0.717) is 0 Å². The highest BCUT2D eigenvalue weighted by atomic mass is 32.2. The van der Waals surface area contributed by atoms with Crippen LogP contribution in [0.3, 0.4) is 0 Å². The van der Waals surface area contributed by atoms with E-state index in [9.17, 15) is 13.2 Å². The van der Waals surface area contributed by atoms with Crippen LogP contribution in [-0.4, -0.2) is 38.0 Å². The summed E-state index contributed by atoms with van der Waals surface area (Å²) in [6.07, 6.45) is 5.36. The number of carbonyl (C=O) groups excluding carboxylic acids is 1. The van der Waals surface area contributed by atoms with E-state index in [1.54, 1.807) is 0 Å². The van der Waals surface area contributed by atoms with Gasteiger partial charge < -0.3 is 5.32 Å². The Kier molecular flexibility index (Phi) is 6.40. The van der Waals surface area contributed by atoms with Crippen LogP contribution in [0.4, 0.5) is 5.69 Å². The molecule has 0 atom stereocenters. The highest BCUT2D eigenvalue weighted by Crippen LogP contribution is 2.25. The normalized spacial score (nSPS) is 16.3. The largest absolute Gasteiger partial charge is 0.324 e. The van der Waals surface area contributed by atoms with Gasteiger partial charge in [0.25, 0.3) is 0 Å². The van der Waals surface area contributed by atoms with Gasteiger partial charge in [-0.05, 0) is 43.7 Å². The van der Waals surface area contributed by atoms with Crippen molar-refractivity contribution in [2.24, 2.45) is 5.92 Å². The van der Waals surface area contributed by atoms with Gasteiger partial charge in [-0.2, -0.15) is 4.31 Å². The van der Waals surface area contributed by atoms with E-state index in [1.165, 1.54) is 17.8 Å². The minimum atomic E-state index is -3.40. The SMILES string of the molecule is Cc1cccc(C)c1NC(=O)CN(C)S(=O)(=O)CC1CCCCC1. The summed E-state index contributed by atoms with van der Waals surface area (Å²) in [7, 11) is -1.91. The lowest BCUT2D eigenvalue weighted by atomic mass is 9.91. The third-order valence-electron chi connectivity index (χ3n) is 4.76. The van der Waals surface area contributed by atoms with Crippen molar-refractivity contribution in [3.05, 3.63) is 29.3 Å². The first kappa shape index (κ1) is 18.9. The lowest BCUT2D eigenvalue weighted by molar-refractivity contribution is -0.116. The van der Waals surface area contributed by atoms with Crippen molar-refractivity contribution in [1.29, 1.82) is 0 Å².